The molecule has 0 radical (unpaired) electrons. The van der Waals surface area contributed by atoms with Crippen LogP contribution < -0.4 is 10.2 Å². The highest BCUT2D eigenvalue weighted by Gasteiger charge is 2.12. The lowest BCUT2D eigenvalue weighted by Gasteiger charge is -2.14. The van der Waals surface area contributed by atoms with E-state index in [1.54, 1.807) is 0 Å². The van der Waals surface area contributed by atoms with Crippen molar-refractivity contribution in [2.75, 3.05) is 18.9 Å². The number of carbonyl (C=O) groups excluding carboxylic acids is 1. The number of quaternary nitrogens is 1. The molecule has 1 amide bonds. The van der Waals surface area contributed by atoms with E-state index in [2.05, 4.69) is 52.4 Å². The van der Waals surface area contributed by atoms with Crippen LogP contribution >= 0.6 is 15.9 Å². The molecule has 0 heterocycles. The highest BCUT2D eigenvalue weighted by molar-refractivity contribution is 9.10. The van der Waals surface area contributed by atoms with Gasteiger partial charge in [-0.1, -0.05) is 43.3 Å². The third-order valence-electron chi connectivity index (χ3n) is 3.55. The van der Waals surface area contributed by atoms with Crippen molar-refractivity contribution in [3.63, 3.8) is 0 Å². The third-order valence-corrected chi connectivity index (χ3v) is 4.24. The van der Waals surface area contributed by atoms with Gasteiger partial charge in [-0.25, -0.2) is 0 Å². The van der Waals surface area contributed by atoms with Crippen LogP contribution in [0.3, 0.4) is 0 Å². The molecule has 2 aromatic rings. The number of halogens is 1. The average molecular weight is 362 g/mol. The first-order chi connectivity index (χ1) is 10.6. The number of aryl methyl sites for hydroxylation is 1. The lowest BCUT2D eigenvalue weighted by atomic mass is 10.1. The van der Waals surface area contributed by atoms with Crippen LogP contribution in [0.4, 0.5) is 5.69 Å². The van der Waals surface area contributed by atoms with E-state index in [9.17, 15) is 4.79 Å². The van der Waals surface area contributed by atoms with E-state index in [4.69, 9.17) is 0 Å². The molecule has 2 aromatic carbocycles. The van der Waals surface area contributed by atoms with E-state index in [0.29, 0.717) is 6.54 Å². The number of anilines is 1. The highest BCUT2D eigenvalue weighted by Crippen LogP contribution is 2.20. The second-order valence-electron chi connectivity index (χ2n) is 5.51. The maximum absolute atomic E-state index is 12.1. The molecule has 22 heavy (non-hydrogen) atoms. The lowest BCUT2D eigenvalue weighted by molar-refractivity contribution is -0.885. The molecule has 1 atom stereocenters. The Morgan fingerprint density at radius 1 is 1.09 bits per heavy atom. The van der Waals surface area contributed by atoms with E-state index in [-0.39, 0.29) is 5.91 Å². The zero-order valence-corrected chi connectivity index (χ0v) is 14.6. The minimum Gasteiger partial charge on any atom is -0.326 e. The van der Waals surface area contributed by atoms with Gasteiger partial charge in [0.1, 0.15) is 6.54 Å². The summed E-state index contributed by atoms with van der Waals surface area (Å²) in [4.78, 5) is 13.3. The molecule has 1 unspecified atom stereocenters. The Balaban J connectivity index is 1.87. The minimum absolute atomic E-state index is 0.0228. The van der Waals surface area contributed by atoms with Crippen LogP contribution in [-0.4, -0.2) is 19.5 Å². The van der Waals surface area contributed by atoms with Gasteiger partial charge >= 0.3 is 0 Å². The Labute approximate surface area is 140 Å². The van der Waals surface area contributed by atoms with Gasteiger partial charge in [0.15, 0.2) is 6.54 Å². The van der Waals surface area contributed by atoms with Crippen molar-refractivity contribution >= 4 is 27.5 Å². The number of amides is 1. The quantitative estimate of drug-likeness (QED) is 0.814. The van der Waals surface area contributed by atoms with E-state index in [1.165, 1.54) is 11.1 Å². The van der Waals surface area contributed by atoms with Gasteiger partial charge in [-0.2, -0.15) is 0 Å². The Bertz CT molecular complexity index is 625. The number of carbonyl (C=O) groups is 1. The summed E-state index contributed by atoms with van der Waals surface area (Å²) in [7, 11) is 2.04. The van der Waals surface area contributed by atoms with Gasteiger partial charge in [0.05, 0.1) is 12.7 Å². The molecule has 0 saturated carbocycles. The van der Waals surface area contributed by atoms with Crippen LogP contribution in [0.2, 0.25) is 0 Å². The van der Waals surface area contributed by atoms with Crippen molar-refractivity contribution in [3.05, 3.63) is 64.1 Å². The fraction of sp³-hybridized carbons (Fsp3) is 0.278. The number of likely N-dealkylation sites (N-methyl/N-ethyl adjacent to an activating group) is 1. The largest absolute Gasteiger partial charge is 0.326 e. The first-order valence-corrected chi connectivity index (χ1v) is 8.31. The van der Waals surface area contributed by atoms with Gasteiger partial charge in [0.2, 0.25) is 0 Å². The van der Waals surface area contributed by atoms with E-state index >= 15 is 0 Å². The zero-order chi connectivity index (χ0) is 15.9. The van der Waals surface area contributed by atoms with E-state index < -0.39 is 0 Å². The molecule has 2 rings (SSSR count). The van der Waals surface area contributed by atoms with Gasteiger partial charge in [0.25, 0.3) is 5.91 Å². The minimum atomic E-state index is 0.0228. The molecule has 0 saturated heterocycles. The van der Waals surface area contributed by atoms with Crippen LogP contribution in [0.15, 0.2) is 53.0 Å². The molecule has 116 valence electrons. The Morgan fingerprint density at radius 2 is 1.73 bits per heavy atom. The predicted octanol–water partition coefficient (Wildman–Crippen LogP) is 2.66. The van der Waals surface area contributed by atoms with Gasteiger partial charge in [0, 0.05) is 10.0 Å². The van der Waals surface area contributed by atoms with Gasteiger partial charge in [-0.15, -0.1) is 0 Å². The van der Waals surface area contributed by atoms with Crippen molar-refractivity contribution in [2.24, 2.45) is 0 Å². The summed E-state index contributed by atoms with van der Waals surface area (Å²) in [6.07, 6.45) is 1.05. The SMILES string of the molecule is CCc1ccc(C[NH+](C)CC(=O)Nc2ccccc2Br)cc1. The van der Waals surface area contributed by atoms with Crippen molar-refractivity contribution in [3.8, 4) is 0 Å². The number of nitrogens with one attached hydrogen (secondary N) is 2. The van der Waals surface area contributed by atoms with E-state index in [0.717, 1.165) is 28.0 Å². The van der Waals surface area contributed by atoms with Crippen LogP contribution in [0.1, 0.15) is 18.1 Å². The maximum Gasteiger partial charge on any atom is 0.279 e. The topological polar surface area (TPSA) is 33.5 Å². The average Bonchev–Trinajstić information content (AvgIpc) is 2.50. The molecule has 0 aliphatic heterocycles. The first-order valence-electron chi connectivity index (χ1n) is 7.52. The van der Waals surface area contributed by atoms with Crippen molar-refractivity contribution in [2.45, 2.75) is 19.9 Å². The predicted molar refractivity (Wildman–Crippen MR) is 94.0 cm³/mol. The van der Waals surface area contributed by atoms with Crippen molar-refractivity contribution < 1.29 is 9.69 Å². The summed E-state index contributed by atoms with van der Waals surface area (Å²) < 4.78 is 0.899. The molecule has 4 heteroatoms. The summed E-state index contributed by atoms with van der Waals surface area (Å²) in [6, 6.07) is 16.3. The molecule has 0 aliphatic rings. The molecule has 0 aliphatic carbocycles. The summed E-state index contributed by atoms with van der Waals surface area (Å²) in [6.45, 7) is 3.43. The summed E-state index contributed by atoms with van der Waals surface area (Å²) in [5, 5.41) is 2.94. The summed E-state index contributed by atoms with van der Waals surface area (Å²) in [5.41, 5.74) is 3.41. The van der Waals surface area contributed by atoms with Gasteiger partial charge in [-0.05, 0) is 40.0 Å². The zero-order valence-electron chi connectivity index (χ0n) is 13.0. The number of para-hydroxylation sites is 1. The number of benzene rings is 2. The van der Waals surface area contributed by atoms with Gasteiger partial charge < -0.3 is 10.2 Å². The number of rotatable bonds is 6. The fourth-order valence-corrected chi connectivity index (χ4v) is 2.72. The summed E-state index contributed by atoms with van der Waals surface area (Å²) >= 11 is 3.44. The third kappa shape index (κ3) is 4.97. The molecule has 3 nitrogen and oxygen atoms in total. The normalized spacial score (nSPS) is 12.0. The molecule has 2 N–H and O–H groups in total. The smallest absolute Gasteiger partial charge is 0.279 e. The maximum atomic E-state index is 12.1. The highest BCUT2D eigenvalue weighted by atomic mass is 79.9. The van der Waals surface area contributed by atoms with E-state index in [1.807, 2.05) is 31.3 Å². The Morgan fingerprint density at radius 3 is 2.36 bits per heavy atom. The Hall–Kier alpha value is -1.65. The summed E-state index contributed by atoms with van der Waals surface area (Å²) in [5.74, 6) is 0.0228. The molecular formula is C18H22BrN2O+. The molecular weight excluding hydrogens is 340 g/mol. The van der Waals surface area contributed by atoms with Crippen LogP contribution in [-0.2, 0) is 17.8 Å². The first kappa shape index (κ1) is 16.7. The van der Waals surface area contributed by atoms with Crippen LogP contribution in [0.25, 0.3) is 0 Å². The van der Waals surface area contributed by atoms with Crippen LogP contribution in [0.5, 0.6) is 0 Å². The van der Waals surface area contributed by atoms with Gasteiger partial charge in [-0.3, -0.25) is 4.79 Å². The number of hydrogen-bond acceptors (Lipinski definition) is 1. The lowest BCUT2D eigenvalue weighted by Crippen LogP contribution is -3.08. The fourth-order valence-electron chi connectivity index (χ4n) is 2.33. The number of hydrogen-bond donors (Lipinski definition) is 2. The van der Waals surface area contributed by atoms with Crippen molar-refractivity contribution in [1.29, 1.82) is 0 Å². The molecule has 0 aromatic heterocycles. The standard InChI is InChI=1S/C18H21BrN2O/c1-3-14-8-10-15(11-9-14)12-21(2)13-18(22)20-17-7-5-4-6-16(17)19/h4-11H,3,12-13H2,1-2H3,(H,20,22)/p+1. The molecule has 0 fully saturated rings. The molecule has 0 spiro atoms. The van der Waals surface area contributed by atoms with Crippen molar-refractivity contribution in [1.82, 2.24) is 0 Å². The second kappa shape index (κ2) is 8.11. The molecule has 0 bridgehead atoms. The monoisotopic (exact) mass is 361 g/mol. The second-order valence-corrected chi connectivity index (χ2v) is 6.36. The Kier molecular flexibility index (Phi) is 6.16. The van der Waals surface area contributed by atoms with Crippen LogP contribution in [0, 0.1) is 0 Å².